The summed E-state index contributed by atoms with van der Waals surface area (Å²) in [7, 11) is 4.06. The van der Waals surface area contributed by atoms with Crippen molar-refractivity contribution in [1.29, 1.82) is 0 Å². The Hall–Kier alpha value is -3.35. The van der Waals surface area contributed by atoms with E-state index in [0.29, 0.717) is 23.4 Å². The zero-order valence-corrected chi connectivity index (χ0v) is 21.0. The van der Waals surface area contributed by atoms with Gasteiger partial charge in [0.1, 0.15) is 5.82 Å². The first-order valence-corrected chi connectivity index (χ1v) is 12.5. The highest BCUT2D eigenvalue weighted by molar-refractivity contribution is 7.98. The third-order valence-corrected chi connectivity index (χ3v) is 7.48. The van der Waals surface area contributed by atoms with Crippen molar-refractivity contribution in [3.8, 4) is 5.75 Å². The number of likely N-dealkylation sites (N-methyl/N-ethyl adjacent to an activating group) is 2. The summed E-state index contributed by atoms with van der Waals surface area (Å²) in [4.78, 5) is 35.1. The highest BCUT2D eigenvalue weighted by atomic mass is 32.2. The molecule has 0 bridgehead atoms. The summed E-state index contributed by atoms with van der Waals surface area (Å²) in [6, 6.07) is 7.70. The summed E-state index contributed by atoms with van der Waals surface area (Å²) in [6.45, 7) is 5.07. The van der Waals surface area contributed by atoms with Crippen LogP contribution in [0.2, 0.25) is 0 Å². The van der Waals surface area contributed by atoms with E-state index in [9.17, 15) is 19.1 Å². The van der Waals surface area contributed by atoms with Crippen molar-refractivity contribution in [2.24, 2.45) is 0 Å². The molecule has 2 N–H and O–H groups in total. The number of halogens is 1. The van der Waals surface area contributed by atoms with Crippen LogP contribution in [0.5, 0.6) is 5.75 Å². The van der Waals surface area contributed by atoms with Gasteiger partial charge in [0.25, 0.3) is 5.91 Å². The number of fused-ring (bicyclic) bond motifs is 1. The third kappa shape index (κ3) is 4.84. The van der Waals surface area contributed by atoms with Crippen LogP contribution < -0.4 is 20.1 Å². The lowest BCUT2D eigenvalue weighted by Crippen LogP contribution is -2.44. The fraction of sp³-hybridized carbons (Fsp3) is 0.375. The quantitative estimate of drug-likeness (QED) is 0.493. The molecule has 0 saturated carbocycles. The predicted octanol–water partition coefficient (Wildman–Crippen LogP) is 1.54. The minimum atomic E-state index is -0.711. The Bertz CT molecular complexity index is 1340. The van der Waals surface area contributed by atoms with E-state index in [1.165, 1.54) is 28.7 Å². The molecule has 10 nitrogen and oxygen atoms in total. The summed E-state index contributed by atoms with van der Waals surface area (Å²) in [5, 5.41) is 13.3. The SMILES string of the molecule is CN1CCN(c2cc(N3CCN(C)S3)c3nc(C(=O)NCc4ccc(F)cc4)c(O)c(=O)n3c2)CC1. The molecule has 0 radical (unpaired) electrons. The van der Waals surface area contributed by atoms with Gasteiger partial charge in [-0.2, -0.15) is 0 Å². The molecule has 0 spiro atoms. The molecule has 0 unspecified atom stereocenters. The second-order valence-corrected chi connectivity index (χ2v) is 10.3. The Labute approximate surface area is 212 Å². The molecule has 36 heavy (non-hydrogen) atoms. The van der Waals surface area contributed by atoms with Crippen LogP contribution in [0.1, 0.15) is 16.1 Å². The molecule has 1 amide bonds. The number of carbonyl (C=O) groups excluding carboxylic acids is 1. The molecule has 2 saturated heterocycles. The Balaban J connectivity index is 1.54. The van der Waals surface area contributed by atoms with E-state index in [1.807, 2.05) is 17.4 Å². The van der Waals surface area contributed by atoms with Crippen molar-refractivity contribution in [2.45, 2.75) is 6.54 Å². The van der Waals surface area contributed by atoms with Crippen LogP contribution in [0.15, 0.2) is 41.3 Å². The van der Waals surface area contributed by atoms with Crippen LogP contribution in [-0.4, -0.2) is 83.0 Å². The number of hydrogen-bond acceptors (Lipinski definition) is 9. The highest BCUT2D eigenvalue weighted by Crippen LogP contribution is 2.35. The van der Waals surface area contributed by atoms with Gasteiger partial charge in [0.05, 0.1) is 11.4 Å². The van der Waals surface area contributed by atoms with Gasteiger partial charge < -0.3 is 20.2 Å². The van der Waals surface area contributed by atoms with E-state index >= 15 is 0 Å². The van der Waals surface area contributed by atoms with Crippen LogP contribution in [-0.2, 0) is 6.54 Å². The number of aromatic hydroxyl groups is 1. The lowest BCUT2D eigenvalue weighted by atomic mass is 10.2. The van der Waals surface area contributed by atoms with E-state index in [0.717, 1.165) is 38.4 Å². The second kappa shape index (κ2) is 9.96. The molecular formula is C24H28FN7O3S. The van der Waals surface area contributed by atoms with Gasteiger partial charge in [-0.1, -0.05) is 12.1 Å². The number of rotatable bonds is 5. The molecule has 2 aliphatic heterocycles. The van der Waals surface area contributed by atoms with Crippen LogP contribution in [0.4, 0.5) is 15.8 Å². The van der Waals surface area contributed by atoms with Gasteiger partial charge >= 0.3 is 5.56 Å². The third-order valence-electron chi connectivity index (χ3n) is 6.44. The number of nitrogens with zero attached hydrogens (tertiary/aromatic N) is 6. The van der Waals surface area contributed by atoms with Gasteiger partial charge in [0.15, 0.2) is 11.3 Å². The second-order valence-electron chi connectivity index (χ2n) is 9.03. The van der Waals surface area contributed by atoms with Gasteiger partial charge in [-0.15, -0.1) is 0 Å². The molecule has 1 aromatic carbocycles. The maximum absolute atomic E-state index is 13.3. The summed E-state index contributed by atoms with van der Waals surface area (Å²) in [5.74, 6) is -1.77. The minimum absolute atomic E-state index is 0.0988. The number of hydrogen-bond donors (Lipinski definition) is 2. The number of amides is 1. The summed E-state index contributed by atoms with van der Waals surface area (Å²) >= 11 is 1.51. The fourth-order valence-corrected chi connectivity index (χ4v) is 5.18. The van der Waals surface area contributed by atoms with Crippen LogP contribution in [0.3, 0.4) is 0 Å². The first kappa shape index (κ1) is 24.3. The van der Waals surface area contributed by atoms with Crippen LogP contribution >= 0.6 is 12.1 Å². The average molecular weight is 514 g/mol. The van der Waals surface area contributed by atoms with Crippen molar-refractivity contribution in [3.05, 3.63) is 64.0 Å². The van der Waals surface area contributed by atoms with Gasteiger partial charge in [0.2, 0.25) is 5.75 Å². The van der Waals surface area contributed by atoms with Crippen molar-refractivity contribution >= 4 is 35.1 Å². The molecular weight excluding hydrogens is 485 g/mol. The zero-order valence-electron chi connectivity index (χ0n) is 20.1. The van der Waals surface area contributed by atoms with Crippen molar-refractivity contribution in [3.63, 3.8) is 0 Å². The average Bonchev–Trinajstić information content (AvgIpc) is 3.31. The molecule has 3 aromatic rings. The van der Waals surface area contributed by atoms with E-state index < -0.39 is 17.2 Å². The van der Waals surface area contributed by atoms with Gasteiger partial charge in [0, 0.05) is 64.1 Å². The molecule has 2 aromatic heterocycles. The molecule has 190 valence electrons. The Morgan fingerprint density at radius 1 is 1.11 bits per heavy atom. The van der Waals surface area contributed by atoms with E-state index in [1.54, 1.807) is 18.3 Å². The smallest absolute Gasteiger partial charge is 0.301 e. The topological polar surface area (TPSA) is 96.7 Å². The van der Waals surface area contributed by atoms with E-state index in [4.69, 9.17) is 0 Å². The Morgan fingerprint density at radius 3 is 2.50 bits per heavy atom. The Kier molecular flexibility index (Phi) is 6.73. The van der Waals surface area contributed by atoms with Crippen molar-refractivity contribution < 1.29 is 14.3 Å². The first-order chi connectivity index (χ1) is 17.3. The largest absolute Gasteiger partial charge is 0.501 e. The highest BCUT2D eigenvalue weighted by Gasteiger charge is 2.27. The molecule has 5 rings (SSSR count). The normalized spacial score (nSPS) is 17.2. The maximum atomic E-state index is 13.3. The number of aromatic nitrogens is 2. The number of nitrogens with one attached hydrogen (secondary N) is 1. The monoisotopic (exact) mass is 513 g/mol. The number of pyridine rings is 1. The summed E-state index contributed by atoms with van der Waals surface area (Å²) < 4.78 is 18.6. The summed E-state index contributed by atoms with van der Waals surface area (Å²) in [6.07, 6.45) is 1.68. The lowest BCUT2D eigenvalue weighted by Gasteiger charge is -2.34. The minimum Gasteiger partial charge on any atom is -0.501 e. The molecule has 0 aliphatic carbocycles. The van der Waals surface area contributed by atoms with Gasteiger partial charge in [-0.05, 0) is 37.9 Å². The predicted molar refractivity (Wildman–Crippen MR) is 138 cm³/mol. The number of anilines is 2. The fourth-order valence-electron chi connectivity index (χ4n) is 4.29. The molecule has 4 heterocycles. The van der Waals surface area contributed by atoms with Crippen molar-refractivity contribution in [1.82, 2.24) is 23.9 Å². The number of benzene rings is 1. The van der Waals surface area contributed by atoms with E-state index in [2.05, 4.69) is 31.5 Å². The lowest BCUT2D eigenvalue weighted by molar-refractivity contribution is 0.0942. The number of piperazine rings is 1. The van der Waals surface area contributed by atoms with Crippen molar-refractivity contribution in [2.75, 3.05) is 62.6 Å². The van der Waals surface area contributed by atoms with Gasteiger partial charge in [-0.25, -0.2) is 13.7 Å². The molecule has 2 aliphatic rings. The molecule has 2 fully saturated rings. The van der Waals surface area contributed by atoms with E-state index in [-0.39, 0.29) is 18.1 Å². The molecule has 0 atom stereocenters. The number of carbonyl (C=O) groups is 1. The Morgan fingerprint density at radius 2 is 1.83 bits per heavy atom. The van der Waals surface area contributed by atoms with Crippen LogP contribution in [0, 0.1) is 5.82 Å². The first-order valence-electron chi connectivity index (χ1n) is 11.7. The molecule has 12 heteroatoms. The summed E-state index contributed by atoms with van der Waals surface area (Å²) in [5.41, 5.74) is 1.49. The standard InChI is InChI=1S/C24H28FN7O3S/c1-28-7-10-30(11-8-28)18-13-19(32-12-9-29(2)36-32)22-27-20(21(33)24(35)31(22)15-18)23(34)26-14-16-3-5-17(25)6-4-16/h3-6,13,15,33H,7-12,14H2,1-2H3,(H,26,34). The maximum Gasteiger partial charge on any atom is 0.301 e. The van der Waals surface area contributed by atoms with Crippen LogP contribution in [0.25, 0.3) is 5.65 Å². The zero-order chi connectivity index (χ0) is 25.4. The van der Waals surface area contributed by atoms with Gasteiger partial charge in [-0.3, -0.25) is 18.3 Å².